The molecule has 3 rings (SSSR count). The van der Waals surface area contributed by atoms with Crippen molar-refractivity contribution in [3.63, 3.8) is 0 Å². The number of hydrogen-bond acceptors (Lipinski definition) is 4. The van der Waals surface area contributed by atoms with Crippen molar-refractivity contribution in [1.82, 2.24) is 5.32 Å². The highest BCUT2D eigenvalue weighted by Gasteiger charge is 2.17. The van der Waals surface area contributed by atoms with Crippen molar-refractivity contribution in [3.8, 4) is 23.8 Å². The maximum atomic E-state index is 12.9. The van der Waals surface area contributed by atoms with Crippen molar-refractivity contribution >= 4 is 11.5 Å². The highest BCUT2D eigenvalue weighted by molar-refractivity contribution is 6.19. The van der Waals surface area contributed by atoms with Crippen LogP contribution in [0.1, 0.15) is 35.1 Å². The Morgan fingerprint density at radius 1 is 1.15 bits per heavy atom. The molecule has 5 nitrogen and oxygen atoms in total. The van der Waals surface area contributed by atoms with Crippen molar-refractivity contribution in [2.75, 3.05) is 20.3 Å². The zero-order valence-electron chi connectivity index (χ0n) is 18.5. The Balaban J connectivity index is 1.69. The van der Waals surface area contributed by atoms with Gasteiger partial charge < -0.3 is 19.5 Å². The maximum absolute atomic E-state index is 12.9. The molecule has 0 unspecified atom stereocenters. The summed E-state index contributed by atoms with van der Waals surface area (Å²) in [7, 11) is 1.54. The Kier molecular flexibility index (Phi) is 8.71. The topological polar surface area (TPSA) is 56.8 Å². The highest BCUT2D eigenvalue weighted by atomic mass is 19.3. The number of fused-ring (bicyclic) bond motifs is 1. The molecule has 1 amide bonds. The summed E-state index contributed by atoms with van der Waals surface area (Å²) >= 11 is 0. The second-order valence-electron chi connectivity index (χ2n) is 7.60. The van der Waals surface area contributed by atoms with Crippen LogP contribution in [0.15, 0.2) is 42.7 Å². The molecule has 0 spiro atoms. The molecular formula is C26H27F2NO4. The average molecular weight is 456 g/mol. The number of aryl methyl sites for hydroxylation is 2. The summed E-state index contributed by atoms with van der Waals surface area (Å²) in [4.78, 5) is 12.9. The zero-order chi connectivity index (χ0) is 23.6. The van der Waals surface area contributed by atoms with E-state index in [2.05, 4.69) is 16.0 Å². The van der Waals surface area contributed by atoms with Gasteiger partial charge in [-0.05, 0) is 66.5 Å². The summed E-state index contributed by atoms with van der Waals surface area (Å²) in [5.74, 6) is 2.99. The lowest BCUT2D eigenvalue weighted by Gasteiger charge is -2.17. The van der Waals surface area contributed by atoms with Crippen LogP contribution in [0.2, 0.25) is 0 Å². The van der Waals surface area contributed by atoms with Crippen LogP contribution in [0.4, 0.5) is 8.78 Å². The van der Waals surface area contributed by atoms with Gasteiger partial charge in [0.25, 0.3) is 5.91 Å². The second-order valence-corrected chi connectivity index (χ2v) is 7.60. The molecule has 2 aromatic carbocycles. The Morgan fingerprint density at radius 2 is 1.94 bits per heavy atom. The number of halogens is 2. The largest absolute Gasteiger partial charge is 0.493 e. The number of benzene rings is 2. The Labute approximate surface area is 192 Å². The fraction of sp³-hybridized carbons (Fsp3) is 0.346. The summed E-state index contributed by atoms with van der Waals surface area (Å²) in [6.45, 7) is -2.61. The van der Waals surface area contributed by atoms with E-state index in [1.54, 1.807) is 18.2 Å². The molecule has 1 N–H and O–H groups in total. The summed E-state index contributed by atoms with van der Waals surface area (Å²) in [5.41, 5.74) is 3.90. The molecule has 0 heterocycles. The first kappa shape index (κ1) is 24.1. The molecule has 7 heteroatoms. The normalized spacial score (nSPS) is 13.1. The van der Waals surface area contributed by atoms with Crippen LogP contribution in [0, 0.1) is 12.3 Å². The second kappa shape index (κ2) is 11.9. The summed E-state index contributed by atoms with van der Waals surface area (Å²) in [6, 6.07) is 11.0. The molecule has 0 aromatic heterocycles. The Hall–Kier alpha value is -3.53. The Bertz CT molecular complexity index is 1040. The third-order valence-corrected chi connectivity index (χ3v) is 5.43. The van der Waals surface area contributed by atoms with Gasteiger partial charge in [0, 0.05) is 6.54 Å². The number of amides is 1. The van der Waals surface area contributed by atoms with Crippen molar-refractivity contribution in [2.45, 2.75) is 38.7 Å². The maximum Gasteiger partial charge on any atom is 0.386 e. The summed E-state index contributed by atoms with van der Waals surface area (Å²) in [5, 5.41) is 2.79. The number of alkyl halides is 2. The summed E-state index contributed by atoms with van der Waals surface area (Å²) < 4.78 is 40.5. The van der Waals surface area contributed by atoms with Gasteiger partial charge in [0.2, 0.25) is 0 Å². The number of ether oxygens (including phenoxy) is 3. The van der Waals surface area contributed by atoms with Gasteiger partial charge in [0.15, 0.2) is 11.5 Å². The van der Waals surface area contributed by atoms with Crippen molar-refractivity contribution < 1.29 is 27.8 Å². The molecule has 1 aliphatic carbocycles. The number of carbonyl (C=O) groups is 1. The number of carbonyl (C=O) groups excluding carboxylic acids is 1. The van der Waals surface area contributed by atoms with Crippen LogP contribution in [0.5, 0.6) is 11.5 Å². The molecule has 0 saturated carbocycles. The number of nitrogens with one attached hydrogen (secondary N) is 1. The van der Waals surface area contributed by atoms with Crippen LogP contribution >= 0.6 is 0 Å². The van der Waals surface area contributed by atoms with Gasteiger partial charge in [-0.3, -0.25) is 4.79 Å². The van der Waals surface area contributed by atoms with E-state index in [1.807, 2.05) is 18.2 Å². The minimum Gasteiger partial charge on any atom is -0.493 e. The molecule has 0 atom stereocenters. The summed E-state index contributed by atoms with van der Waals surface area (Å²) in [6.07, 6.45) is 10.7. The minimum absolute atomic E-state index is 0.0662. The fourth-order valence-corrected chi connectivity index (χ4v) is 3.80. The molecule has 1 aliphatic rings. The van der Waals surface area contributed by atoms with Gasteiger partial charge in [-0.25, -0.2) is 0 Å². The smallest absolute Gasteiger partial charge is 0.386 e. The lowest BCUT2D eigenvalue weighted by Crippen LogP contribution is -2.27. The minimum atomic E-state index is -3.01. The Morgan fingerprint density at radius 3 is 2.67 bits per heavy atom. The first-order valence-electron chi connectivity index (χ1n) is 10.8. The predicted octanol–water partition coefficient (Wildman–Crippen LogP) is 4.53. The first-order valence-corrected chi connectivity index (χ1v) is 10.8. The standard InChI is InChI=1S/C26H27F2NO4/c1-3-14-32-24-15-18(8-11-23(24)31-2)12-13-29-25(30)22(17-33-26(27)28)21-10-9-19-6-4-5-7-20(19)16-21/h1,8-11,15-17,26H,4-7,12-14H2,2H3,(H,29,30). The number of terminal acetylenes is 1. The molecule has 0 bridgehead atoms. The molecular weight excluding hydrogens is 428 g/mol. The van der Waals surface area contributed by atoms with Gasteiger partial charge in [-0.1, -0.05) is 30.2 Å². The molecule has 33 heavy (non-hydrogen) atoms. The van der Waals surface area contributed by atoms with Crippen LogP contribution < -0.4 is 14.8 Å². The first-order chi connectivity index (χ1) is 16.0. The molecule has 0 saturated heterocycles. The SMILES string of the molecule is C#CCOc1cc(CCNC(=O)C(=COC(F)F)c2ccc3c(c2)CCCC3)ccc1OC. The van der Waals surface area contributed by atoms with E-state index in [1.165, 1.54) is 12.7 Å². The third-order valence-electron chi connectivity index (χ3n) is 5.43. The van der Waals surface area contributed by atoms with Gasteiger partial charge in [0.05, 0.1) is 12.7 Å². The lowest BCUT2D eigenvalue weighted by atomic mass is 9.89. The zero-order valence-corrected chi connectivity index (χ0v) is 18.5. The van der Waals surface area contributed by atoms with Crippen LogP contribution in [-0.4, -0.2) is 32.8 Å². The van der Waals surface area contributed by atoms with Crippen LogP contribution in [0.3, 0.4) is 0 Å². The lowest BCUT2D eigenvalue weighted by molar-refractivity contribution is -0.116. The fourth-order valence-electron chi connectivity index (χ4n) is 3.80. The molecule has 2 aromatic rings. The number of methoxy groups -OCH3 is 1. The monoisotopic (exact) mass is 455 g/mol. The van der Waals surface area contributed by atoms with Gasteiger partial charge in [-0.15, -0.1) is 6.42 Å². The van der Waals surface area contributed by atoms with Crippen molar-refractivity contribution in [3.05, 3.63) is 64.9 Å². The van der Waals surface area contributed by atoms with E-state index in [-0.39, 0.29) is 18.7 Å². The molecule has 0 radical (unpaired) electrons. The van der Waals surface area contributed by atoms with E-state index < -0.39 is 12.5 Å². The predicted molar refractivity (Wildman–Crippen MR) is 122 cm³/mol. The van der Waals surface area contributed by atoms with E-state index >= 15 is 0 Å². The molecule has 174 valence electrons. The van der Waals surface area contributed by atoms with Crippen LogP contribution in [-0.2, 0) is 28.8 Å². The third kappa shape index (κ3) is 6.72. The van der Waals surface area contributed by atoms with Crippen molar-refractivity contribution in [2.24, 2.45) is 0 Å². The van der Waals surface area contributed by atoms with E-state index in [0.29, 0.717) is 23.5 Å². The van der Waals surface area contributed by atoms with Gasteiger partial charge in [0.1, 0.15) is 12.9 Å². The van der Waals surface area contributed by atoms with Gasteiger partial charge >= 0.3 is 6.61 Å². The molecule has 0 aliphatic heterocycles. The average Bonchev–Trinajstić information content (AvgIpc) is 2.82. The van der Waals surface area contributed by atoms with E-state index in [9.17, 15) is 13.6 Å². The van der Waals surface area contributed by atoms with E-state index in [4.69, 9.17) is 15.9 Å². The quantitative estimate of drug-likeness (QED) is 0.325. The van der Waals surface area contributed by atoms with Crippen molar-refractivity contribution in [1.29, 1.82) is 0 Å². The van der Waals surface area contributed by atoms with E-state index in [0.717, 1.165) is 43.1 Å². The number of rotatable bonds is 10. The van der Waals surface area contributed by atoms with Gasteiger partial charge in [-0.2, -0.15) is 8.78 Å². The number of hydrogen-bond donors (Lipinski definition) is 1. The molecule has 0 fully saturated rings. The van der Waals surface area contributed by atoms with Crippen LogP contribution in [0.25, 0.3) is 5.57 Å². The highest BCUT2D eigenvalue weighted by Crippen LogP contribution is 2.28.